The van der Waals surface area contributed by atoms with Gasteiger partial charge in [-0.1, -0.05) is 24.3 Å². The molecule has 2 heterocycles. The molecule has 0 atom stereocenters. The van der Waals surface area contributed by atoms with Crippen LogP contribution in [0.2, 0.25) is 0 Å². The highest BCUT2D eigenvalue weighted by molar-refractivity contribution is 8.18. The van der Waals surface area contributed by atoms with E-state index in [2.05, 4.69) is 10.3 Å². The maximum Gasteiger partial charge on any atom is 0.289 e. The number of thiophene rings is 1. The minimum atomic E-state index is -0.0832. The molecule has 1 fully saturated rings. The Labute approximate surface area is 125 Å². The van der Waals surface area contributed by atoms with Crippen molar-refractivity contribution < 1.29 is 4.79 Å². The molecule has 2 aromatic rings. The Morgan fingerprint density at radius 1 is 1.20 bits per heavy atom. The van der Waals surface area contributed by atoms with Crippen LogP contribution < -0.4 is 5.32 Å². The van der Waals surface area contributed by atoms with Gasteiger partial charge >= 0.3 is 0 Å². The van der Waals surface area contributed by atoms with Crippen molar-refractivity contribution in [3.8, 4) is 0 Å². The summed E-state index contributed by atoms with van der Waals surface area (Å²) in [5, 5.41) is 4.73. The van der Waals surface area contributed by atoms with Gasteiger partial charge in [-0.15, -0.1) is 11.3 Å². The Balaban J connectivity index is 1.99. The fraction of sp³-hybridized carbons (Fsp3) is 0.0667. The Hall–Kier alpha value is -1.85. The zero-order chi connectivity index (χ0) is 13.9. The van der Waals surface area contributed by atoms with Crippen molar-refractivity contribution in [2.45, 2.75) is 6.92 Å². The SMILES string of the molecule is Cc1ccccc1N=C1NC(=O)S/C1=C\c1cccs1. The molecule has 5 heteroatoms. The van der Waals surface area contributed by atoms with Gasteiger partial charge < -0.3 is 5.32 Å². The number of nitrogens with one attached hydrogen (secondary N) is 1. The van der Waals surface area contributed by atoms with E-state index in [9.17, 15) is 4.79 Å². The molecule has 1 aromatic carbocycles. The molecular formula is C15H12N2OS2. The van der Waals surface area contributed by atoms with Crippen LogP contribution in [-0.4, -0.2) is 11.1 Å². The molecular weight excluding hydrogens is 288 g/mol. The Morgan fingerprint density at radius 2 is 2.05 bits per heavy atom. The van der Waals surface area contributed by atoms with Gasteiger partial charge in [0.25, 0.3) is 5.24 Å². The quantitative estimate of drug-likeness (QED) is 0.881. The maximum absolute atomic E-state index is 11.6. The van der Waals surface area contributed by atoms with Crippen molar-refractivity contribution in [3.05, 3.63) is 57.1 Å². The van der Waals surface area contributed by atoms with Crippen molar-refractivity contribution in [1.82, 2.24) is 5.32 Å². The van der Waals surface area contributed by atoms with Gasteiger partial charge in [0, 0.05) is 4.88 Å². The van der Waals surface area contributed by atoms with Crippen LogP contribution in [0.3, 0.4) is 0 Å². The number of carbonyl (C=O) groups is 1. The van der Waals surface area contributed by atoms with E-state index in [0.29, 0.717) is 5.84 Å². The third-order valence-electron chi connectivity index (χ3n) is 2.82. The molecule has 3 rings (SSSR count). The molecule has 1 aromatic heterocycles. The number of nitrogens with zero attached hydrogens (tertiary/aromatic N) is 1. The molecule has 1 N–H and O–H groups in total. The smallest absolute Gasteiger partial charge is 0.289 e. The molecule has 1 amide bonds. The second kappa shape index (κ2) is 5.64. The van der Waals surface area contributed by atoms with Crippen LogP contribution in [0.25, 0.3) is 6.08 Å². The predicted octanol–water partition coefficient (Wildman–Crippen LogP) is 4.58. The number of para-hydroxylation sites is 1. The summed E-state index contributed by atoms with van der Waals surface area (Å²) in [5.41, 5.74) is 1.96. The lowest BCUT2D eigenvalue weighted by Crippen LogP contribution is -2.18. The molecule has 100 valence electrons. The molecule has 1 saturated heterocycles. The number of carbonyl (C=O) groups excluding carboxylic acids is 1. The standard InChI is InChI=1S/C15H12N2OS2/c1-10-5-2-3-7-12(10)16-14-13(20-15(18)17-14)9-11-6-4-8-19-11/h2-9H,1H3,(H,16,17,18)/b13-9-. The van der Waals surface area contributed by atoms with Crippen molar-refractivity contribution >= 4 is 45.9 Å². The van der Waals surface area contributed by atoms with Crippen LogP contribution in [-0.2, 0) is 0 Å². The highest BCUT2D eigenvalue weighted by Crippen LogP contribution is 2.30. The van der Waals surface area contributed by atoms with Crippen molar-refractivity contribution in [2.24, 2.45) is 4.99 Å². The summed E-state index contributed by atoms with van der Waals surface area (Å²) < 4.78 is 0. The first-order valence-electron chi connectivity index (χ1n) is 6.11. The Kier molecular flexibility index (Phi) is 3.71. The monoisotopic (exact) mass is 300 g/mol. The number of thioether (sulfide) groups is 1. The first-order chi connectivity index (χ1) is 9.72. The Bertz CT molecular complexity index is 702. The topological polar surface area (TPSA) is 41.5 Å². The van der Waals surface area contributed by atoms with Gasteiger partial charge in [0.05, 0.1) is 10.6 Å². The lowest BCUT2D eigenvalue weighted by Gasteiger charge is -2.02. The summed E-state index contributed by atoms with van der Waals surface area (Å²) in [5.74, 6) is 0.628. The number of amides is 1. The van der Waals surface area contributed by atoms with E-state index in [4.69, 9.17) is 0 Å². The average molecular weight is 300 g/mol. The number of benzene rings is 1. The number of aliphatic imine (C=N–C) groups is 1. The summed E-state index contributed by atoms with van der Waals surface area (Å²) in [6, 6.07) is 11.9. The zero-order valence-electron chi connectivity index (χ0n) is 10.8. The van der Waals surface area contributed by atoms with E-state index >= 15 is 0 Å². The summed E-state index contributed by atoms with van der Waals surface area (Å²) in [6.07, 6.45) is 1.99. The molecule has 0 unspecified atom stereocenters. The normalized spacial score (nSPS) is 18.8. The average Bonchev–Trinajstić information content (AvgIpc) is 3.03. The third-order valence-corrected chi connectivity index (χ3v) is 4.46. The van der Waals surface area contributed by atoms with Crippen molar-refractivity contribution in [3.63, 3.8) is 0 Å². The zero-order valence-corrected chi connectivity index (χ0v) is 12.4. The van der Waals surface area contributed by atoms with Crippen LogP contribution in [0.4, 0.5) is 10.5 Å². The van der Waals surface area contributed by atoms with Crippen LogP contribution in [0, 0.1) is 6.92 Å². The van der Waals surface area contributed by atoms with Gasteiger partial charge in [0.15, 0.2) is 0 Å². The maximum atomic E-state index is 11.6. The van der Waals surface area contributed by atoms with Crippen LogP contribution in [0.5, 0.6) is 0 Å². The van der Waals surface area contributed by atoms with E-state index in [1.807, 2.05) is 54.8 Å². The number of hydrogen-bond acceptors (Lipinski definition) is 4. The molecule has 1 aliphatic rings. The summed E-state index contributed by atoms with van der Waals surface area (Å²) in [6.45, 7) is 2.01. The minimum Gasteiger partial charge on any atom is -0.300 e. The van der Waals surface area contributed by atoms with Gasteiger partial charge in [0.1, 0.15) is 5.84 Å². The second-order valence-electron chi connectivity index (χ2n) is 4.29. The molecule has 1 aliphatic heterocycles. The van der Waals surface area contributed by atoms with E-state index in [1.165, 1.54) is 11.8 Å². The lowest BCUT2D eigenvalue weighted by atomic mass is 10.2. The highest BCUT2D eigenvalue weighted by atomic mass is 32.2. The van der Waals surface area contributed by atoms with Gasteiger partial charge in [-0.2, -0.15) is 0 Å². The lowest BCUT2D eigenvalue weighted by molar-refractivity contribution is 0.265. The molecule has 0 radical (unpaired) electrons. The molecule has 20 heavy (non-hydrogen) atoms. The Morgan fingerprint density at radius 3 is 2.80 bits per heavy atom. The fourth-order valence-corrected chi connectivity index (χ4v) is 3.28. The van der Waals surface area contributed by atoms with Crippen molar-refractivity contribution in [2.75, 3.05) is 0 Å². The summed E-state index contributed by atoms with van der Waals surface area (Å²) >= 11 is 2.82. The number of aryl methyl sites for hydroxylation is 1. The van der Waals surface area contributed by atoms with Gasteiger partial charge in [-0.05, 0) is 47.8 Å². The largest absolute Gasteiger partial charge is 0.300 e. The van der Waals surface area contributed by atoms with Crippen LogP contribution in [0.15, 0.2) is 51.7 Å². The third kappa shape index (κ3) is 2.84. The van der Waals surface area contributed by atoms with Gasteiger partial charge in [-0.25, -0.2) is 4.99 Å². The van der Waals surface area contributed by atoms with Gasteiger partial charge in [-0.3, -0.25) is 4.79 Å². The van der Waals surface area contributed by atoms with Crippen LogP contribution >= 0.6 is 23.1 Å². The number of hydrogen-bond donors (Lipinski definition) is 1. The minimum absolute atomic E-state index is 0.0832. The van der Waals surface area contributed by atoms with E-state index in [-0.39, 0.29) is 5.24 Å². The first kappa shape index (κ1) is 13.1. The molecule has 0 spiro atoms. The van der Waals surface area contributed by atoms with Crippen molar-refractivity contribution in [1.29, 1.82) is 0 Å². The first-order valence-corrected chi connectivity index (χ1v) is 7.81. The van der Waals surface area contributed by atoms with E-state index in [0.717, 1.165) is 21.0 Å². The fourth-order valence-electron chi connectivity index (χ4n) is 1.82. The summed E-state index contributed by atoms with van der Waals surface area (Å²) in [7, 11) is 0. The summed E-state index contributed by atoms with van der Waals surface area (Å²) in [4.78, 5) is 18.1. The number of amidine groups is 1. The highest BCUT2D eigenvalue weighted by Gasteiger charge is 2.23. The molecule has 0 bridgehead atoms. The number of rotatable bonds is 2. The predicted molar refractivity (Wildman–Crippen MR) is 86.7 cm³/mol. The van der Waals surface area contributed by atoms with E-state index < -0.39 is 0 Å². The second-order valence-corrected chi connectivity index (χ2v) is 6.28. The van der Waals surface area contributed by atoms with Crippen LogP contribution in [0.1, 0.15) is 10.4 Å². The van der Waals surface area contributed by atoms with Gasteiger partial charge in [0.2, 0.25) is 0 Å². The molecule has 0 saturated carbocycles. The molecule has 0 aliphatic carbocycles. The van der Waals surface area contributed by atoms with E-state index in [1.54, 1.807) is 11.3 Å². The molecule has 3 nitrogen and oxygen atoms in total.